The monoisotopic (exact) mass is 349 g/mol. The Morgan fingerprint density at radius 2 is 1.85 bits per heavy atom. The molecule has 1 aromatic heterocycles. The Kier molecular flexibility index (Phi) is 5.07. The fourth-order valence-electron chi connectivity index (χ4n) is 3.08. The Bertz CT molecular complexity index is 959. The Morgan fingerprint density at radius 1 is 1.08 bits per heavy atom. The van der Waals surface area contributed by atoms with Crippen LogP contribution in [0.15, 0.2) is 48.7 Å². The van der Waals surface area contributed by atoms with Gasteiger partial charge < -0.3 is 15.6 Å². The molecule has 3 aromatic rings. The molecular formula is C21H23N3O2. The third-order valence-electron chi connectivity index (χ3n) is 4.66. The number of aryl methyl sites for hydroxylation is 1. The first-order chi connectivity index (χ1) is 12.5. The van der Waals surface area contributed by atoms with E-state index in [1.54, 1.807) is 0 Å². The molecule has 2 amide bonds. The molecule has 3 rings (SSSR count). The van der Waals surface area contributed by atoms with Crippen LogP contribution < -0.4 is 10.6 Å². The van der Waals surface area contributed by atoms with Crippen molar-refractivity contribution < 1.29 is 9.59 Å². The van der Waals surface area contributed by atoms with Crippen molar-refractivity contribution in [1.29, 1.82) is 0 Å². The summed E-state index contributed by atoms with van der Waals surface area (Å²) >= 11 is 0. The molecule has 0 saturated carbocycles. The normalized spacial score (nSPS) is 12.0. The van der Waals surface area contributed by atoms with Gasteiger partial charge in [-0.05, 0) is 42.7 Å². The van der Waals surface area contributed by atoms with Gasteiger partial charge in [0.05, 0.1) is 0 Å². The number of anilines is 1. The highest BCUT2D eigenvalue weighted by molar-refractivity contribution is 5.98. The zero-order valence-electron chi connectivity index (χ0n) is 15.2. The number of hydrogen-bond donors (Lipinski definition) is 3. The van der Waals surface area contributed by atoms with Gasteiger partial charge in [0.2, 0.25) is 11.8 Å². The van der Waals surface area contributed by atoms with E-state index in [2.05, 4.69) is 15.6 Å². The largest absolute Gasteiger partial charge is 0.361 e. The maximum atomic E-state index is 12.8. The molecule has 5 nitrogen and oxygen atoms in total. The van der Waals surface area contributed by atoms with Gasteiger partial charge in [-0.1, -0.05) is 30.3 Å². The fourth-order valence-corrected chi connectivity index (χ4v) is 3.08. The molecule has 0 fully saturated rings. The smallest absolute Gasteiger partial charge is 0.247 e. The molecule has 0 bridgehead atoms. The minimum absolute atomic E-state index is 0.223. The molecule has 1 atom stereocenters. The first-order valence-corrected chi connectivity index (χ1v) is 8.65. The molecule has 0 spiro atoms. The minimum atomic E-state index is -0.647. The number of carbonyl (C=O) groups is 2. The van der Waals surface area contributed by atoms with Crippen molar-refractivity contribution in [2.45, 2.75) is 33.2 Å². The van der Waals surface area contributed by atoms with Crippen molar-refractivity contribution in [3.05, 3.63) is 65.4 Å². The highest BCUT2D eigenvalue weighted by Gasteiger charge is 2.22. The number of fused-ring (bicyclic) bond motifs is 1. The lowest BCUT2D eigenvalue weighted by molar-refractivity contribution is -0.125. The lowest BCUT2D eigenvalue weighted by Gasteiger charge is -2.19. The average Bonchev–Trinajstić information content (AvgIpc) is 3.01. The van der Waals surface area contributed by atoms with E-state index in [4.69, 9.17) is 0 Å². The van der Waals surface area contributed by atoms with E-state index in [1.165, 1.54) is 6.92 Å². The number of para-hydroxylation sites is 1. The van der Waals surface area contributed by atoms with E-state index >= 15 is 0 Å². The van der Waals surface area contributed by atoms with Gasteiger partial charge in [0, 0.05) is 36.1 Å². The molecule has 134 valence electrons. The zero-order chi connectivity index (χ0) is 18.7. The molecule has 1 unspecified atom stereocenters. The van der Waals surface area contributed by atoms with Crippen molar-refractivity contribution in [1.82, 2.24) is 10.3 Å². The molecule has 0 aliphatic rings. The van der Waals surface area contributed by atoms with Crippen molar-refractivity contribution >= 4 is 28.4 Å². The summed E-state index contributed by atoms with van der Waals surface area (Å²) in [5.41, 5.74) is 4.91. The van der Waals surface area contributed by atoms with Crippen LogP contribution in [0, 0.1) is 13.8 Å². The molecule has 5 heteroatoms. The van der Waals surface area contributed by atoms with E-state index < -0.39 is 6.04 Å². The number of aromatic nitrogens is 1. The van der Waals surface area contributed by atoms with E-state index in [0.717, 1.165) is 33.3 Å². The Morgan fingerprint density at radius 3 is 2.62 bits per heavy atom. The average molecular weight is 349 g/mol. The fraction of sp³-hybridized carbons (Fsp3) is 0.238. The third kappa shape index (κ3) is 3.77. The molecule has 0 radical (unpaired) electrons. The van der Waals surface area contributed by atoms with Gasteiger partial charge in [0.25, 0.3) is 0 Å². The summed E-state index contributed by atoms with van der Waals surface area (Å²) in [6.45, 7) is 5.40. The van der Waals surface area contributed by atoms with Gasteiger partial charge in [-0.2, -0.15) is 0 Å². The van der Waals surface area contributed by atoms with Crippen molar-refractivity contribution in [2.75, 3.05) is 5.32 Å². The molecule has 0 saturated heterocycles. The van der Waals surface area contributed by atoms with Crippen LogP contribution in [0.25, 0.3) is 10.9 Å². The van der Waals surface area contributed by atoms with Crippen LogP contribution in [0.2, 0.25) is 0 Å². The summed E-state index contributed by atoms with van der Waals surface area (Å²) < 4.78 is 0. The molecule has 1 heterocycles. The molecular weight excluding hydrogens is 326 g/mol. The predicted molar refractivity (Wildman–Crippen MR) is 104 cm³/mol. The van der Waals surface area contributed by atoms with Crippen molar-refractivity contribution in [2.24, 2.45) is 0 Å². The lowest BCUT2D eigenvalue weighted by Crippen LogP contribution is -2.44. The highest BCUT2D eigenvalue weighted by atomic mass is 16.2. The van der Waals surface area contributed by atoms with Gasteiger partial charge in [0.15, 0.2) is 0 Å². The van der Waals surface area contributed by atoms with Gasteiger partial charge in [-0.25, -0.2) is 0 Å². The SMILES string of the molecule is CC(=O)NC(Cc1c[nH]c2ccccc12)C(=O)Nc1cccc(C)c1C. The summed E-state index contributed by atoms with van der Waals surface area (Å²) in [6.07, 6.45) is 2.31. The van der Waals surface area contributed by atoms with Crippen LogP contribution in [0.4, 0.5) is 5.69 Å². The number of amides is 2. The second-order valence-corrected chi connectivity index (χ2v) is 6.55. The summed E-state index contributed by atoms with van der Waals surface area (Å²) in [5.74, 6) is -0.454. The van der Waals surface area contributed by atoms with Gasteiger partial charge >= 0.3 is 0 Å². The van der Waals surface area contributed by atoms with E-state index in [1.807, 2.05) is 62.5 Å². The maximum absolute atomic E-state index is 12.8. The topological polar surface area (TPSA) is 74.0 Å². The second kappa shape index (κ2) is 7.44. The number of carbonyl (C=O) groups excluding carboxylic acids is 2. The second-order valence-electron chi connectivity index (χ2n) is 6.55. The van der Waals surface area contributed by atoms with Crippen molar-refractivity contribution in [3.63, 3.8) is 0 Å². The summed E-state index contributed by atoms with van der Waals surface area (Å²) in [7, 11) is 0. The van der Waals surface area contributed by atoms with E-state index in [-0.39, 0.29) is 11.8 Å². The Balaban J connectivity index is 1.84. The molecule has 2 aromatic carbocycles. The van der Waals surface area contributed by atoms with Crippen LogP contribution in [-0.2, 0) is 16.0 Å². The summed E-state index contributed by atoms with van der Waals surface area (Å²) in [5, 5.41) is 6.78. The van der Waals surface area contributed by atoms with Gasteiger partial charge in [-0.3, -0.25) is 9.59 Å². The maximum Gasteiger partial charge on any atom is 0.247 e. The van der Waals surface area contributed by atoms with E-state index in [0.29, 0.717) is 6.42 Å². The number of hydrogen-bond acceptors (Lipinski definition) is 2. The lowest BCUT2D eigenvalue weighted by atomic mass is 10.0. The first kappa shape index (κ1) is 17.7. The Hall–Kier alpha value is -3.08. The van der Waals surface area contributed by atoms with Gasteiger partial charge in [-0.15, -0.1) is 0 Å². The van der Waals surface area contributed by atoms with Crippen LogP contribution in [0.1, 0.15) is 23.6 Å². The van der Waals surface area contributed by atoms with Crippen LogP contribution in [-0.4, -0.2) is 22.8 Å². The van der Waals surface area contributed by atoms with E-state index in [9.17, 15) is 9.59 Å². The molecule has 0 aliphatic heterocycles. The quantitative estimate of drug-likeness (QED) is 0.660. The first-order valence-electron chi connectivity index (χ1n) is 8.65. The zero-order valence-corrected chi connectivity index (χ0v) is 15.2. The summed E-state index contributed by atoms with van der Waals surface area (Å²) in [6, 6.07) is 13.1. The summed E-state index contributed by atoms with van der Waals surface area (Å²) in [4.78, 5) is 27.7. The van der Waals surface area contributed by atoms with Gasteiger partial charge in [0.1, 0.15) is 6.04 Å². The molecule has 3 N–H and O–H groups in total. The molecule has 26 heavy (non-hydrogen) atoms. The van der Waals surface area contributed by atoms with Crippen molar-refractivity contribution in [3.8, 4) is 0 Å². The third-order valence-corrected chi connectivity index (χ3v) is 4.66. The van der Waals surface area contributed by atoms with Crippen LogP contribution in [0.3, 0.4) is 0 Å². The molecule has 0 aliphatic carbocycles. The number of benzene rings is 2. The highest BCUT2D eigenvalue weighted by Crippen LogP contribution is 2.21. The standard InChI is InChI=1S/C21H23N3O2/c1-13-7-6-10-18(14(13)2)24-21(26)20(23-15(3)25)11-16-12-22-19-9-5-4-8-17(16)19/h4-10,12,20,22H,11H2,1-3H3,(H,23,25)(H,24,26). The number of H-pyrrole nitrogens is 1. The minimum Gasteiger partial charge on any atom is -0.361 e. The predicted octanol–water partition coefficient (Wildman–Crippen LogP) is 3.47. The number of nitrogens with one attached hydrogen (secondary N) is 3. The van der Waals surface area contributed by atoms with Crippen LogP contribution in [0.5, 0.6) is 0 Å². The number of aromatic amines is 1. The Labute approximate surface area is 152 Å². The van der Waals surface area contributed by atoms with Crippen LogP contribution >= 0.6 is 0 Å². The number of rotatable bonds is 5.